The lowest BCUT2D eigenvalue weighted by atomic mass is 10.2. The number of benzene rings is 1. The highest BCUT2D eigenvalue weighted by Crippen LogP contribution is 2.14. The summed E-state index contributed by atoms with van der Waals surface area (Å²) in [4.78, 5) is 9.65. The van der Waals surface area contributed by atoms with Gasteiger partial charge in [-0.3, -0.25) is 4.90 Å². The second-order valence-electron chi connectivity index (χ2n) is 4.76. The topological polar surface area (TPSA) is 78.2 Å². The van der Waals surface area contributed by atoms with Crippen LogP contribution in [0.15, 0.2) is 18.2 Å². The van der Waals surface area contributed by atoms with Gasteiger partial charge in [-0.2, -0.15) is 0 Å². The minimum absolute atomic E-state index is 0.295. The fourth-order valence-electron chi connectivity index (χ4n) is 2.09. The van der Waals surface area contributed by atoms with Gasteiger partial charge in [-0.1, -0.05) is 6.07 Å². The molecule has 1 atom stereocenters. The van der Waals surface area contributed by atoms with Crippen LogP contribution in [0.3, 0.4) is 0 Å². The molecule has 0 amide bonds. The Morgan fingerprint density at radius 1 is 1.50 bits per heavy atom. The summed E-state index contributed by atoms with van der Waals surface area (Å²) in [5, 5.41) is 9.50. The summed E-state index contributed by atoms with van der Waals surface area (Å²) in [6.45, 7) is 3.61. The molecule has 4 N–H and O–H groups in total. The first-order valence-electron chi connectivity index (χ1n) is 6.10. The van der Waals surface area contributed by atoms with Crippen LogP contribution >= 0.6 is 0 Å². The Morgan fingerprint density at radius 2 is 2.28 bits per heavy atom. The number of nitrogens with zero attached hydrogens (tertiary/aromatic N) is 2. The van der Waals surface area contributed by atoms with Gasteiger partial charge < -0.3 is 15.8 Å². The van der Waals surface area contributed by atoms with Crippen molar-refractivity contribution in [3.63, 3.8) is 0 Å². The van der Waals surface area contributed by atoms with E-state index in [1.54, 1.807) is 0 Å². The van der Waals surface area contributed by atoms with E-state index in [1.807, 2.05) is 20.0 Å². The van der Waals surface area contributed by atoms with Gasteiger partial charge in [0.25, 0.3) is 0 Å². The second-order valence-corrected chi connectivity index (χ2v) is 4.76. The second kappa shape index (κ2) is 5.48. The number of aryl methyl sites for hydroxylation is 1. The third-order valence-electron chi connectivity index (χ3n) is 2.91. The summed E-state index contributed by atoms with van der Waals surface area (Å²) in [5.41, 5.74) is 8.63. The van der Waals surface area contributed by atoms with Crippen LogP contribution in [0.5, 0.6) is 0 Å². The number of aliphatic hydroxyl groups is 1. The lowest BCUT2D eigenvalue weighted by molar-refractivity contribution is 0.129. The van der Waals surface area contributed by atoms with Gasteiger partial charge in [-0.05, 0) is 31.7 Å². The third-order valence-corrected chi connectivity index (χ3v) is 2.91. The highest BCUT2D eigenvalue weighted by molar-refractivity contribution is 5.75. The van der Waals surface area contributed by atoms with E-state index in [0.29, 0.717) is 13.1 Å². The van der Waals surface area contributed by atoms with Gasteiger partial charge in [0.15, 0.2) is 0 Å². The Bertz CT molecular complexity index is 523. The Morgan fingerprint density at radius 3 is 3.00 bits per heavy atom. The first-order valence-corrected chi connectivity index (χ1v) is 6.10. The van der Waals surface area contributed by atoms with Gasteiger partial charge in [0, 0.05) is 19.6 Å². The number of hydrogen-bond acceptors (Lipinski definition) is 4. The number of imidazole rings is 1. The van der Waals surface area contributed by atoms with Gasteiger partial charge in [-0.15, -0.1) is 0 Å². The molecule has 98 valence electrons. The van der Waals surface area contributed by atoms with Crippen LogP contribution in [0, 0.1) is 6.92 Å². The molecule has 1 aromatic heterocycles. The molecule has 1 aromatic carbocycles. The molecule has 0 aliphatic carbocycles. The number of aliphatic hydroxyl groups excluding tert-OH is 1. The van der Waals surface area contributed by atoms with Gasteiger partial charge in [0.2, 0.25) is 0 Å². The first kappa shape index (κ1) is 13.0. The van der Waals surface area contributed by atoms with Crippen LogP contribution < -0.4 is 5.73 Å². The summed E-state index contributed by atoms with van der Waals surface area (Å²) in [5.74, 6) is 0.925. The van der Waals surface area contributed by atoms with Crippen molar-refractivity contribution in [1.29, 1.82) is 0 Å². The quantitative estimate of drug-likeness (QED) is 0.725. The summed E-state index contributed by atoms with van der Waals surface area (Å²) < 4.78 is 0. The Labute approximate surface area is 107 Å². The van der Waals surface area contributed by atoms with Crippen LogP contribution in [0.1, 0.15) is 11.4 Å². The van der Waals surface area contributed by atoms with E-state index in [0.717, 1.165) is 23.4 Å². The molecule has 0 saturated heterocycles. The molecule has 0 bridgehead atoms. The number of nitrogens with two attached hydrogens (primary N) is 1. The van der Waals surface area contributed by atoms with Crippen molar-refractivity contribution in [3.8, 4) is 0 Å². The van der Waals surface area contributed by atoms with E-state index < -0.39 is 6.10 Å². The molecule has 0 aliphatic rings. The number of likely N-dealkylation sites (N-methyl/N-ethyl adjacent to an activating group) is 1. The van der Waals surface area contributed by atoms with Gasteiger partial charge in [0.1, 0.15) is 5.82 Å². The van der Waals surface area contributed by atoms with Gasteiger partial charge in [-0.25, -0.2) is 4.98 Å². The van der Waals surface area contributed by atoms with Crippen molar-refractivity contribution in [3.05, 3.63) is 29.6 Å². The third kappa shape index (κ3) is 3.07. The molecule has 18 heavy (non-hydrogen) atoms. The number of aromatic amines is 1. The zero-order valence-corrected chi connectivity index (χ0v) is 10.8. The predicted octanol–water partition coefficient (Wildman–Crippen LogP) is 0.623. The number of H-pyrrole nitrogens is 1. The Hall–Kier alpha value is -1.43. The molecule has 0 aliphatic heterocycles. The molecular weight excluding hydrogens is 228 g/mol. The average molecular weight is 248 g/mol. The minimum atomic E-state index is -0.465. The van der Waals surface area contributed by atoms with Crippen LogP contribution in [-0.4, -0.2) is 46.2 Å². The molecule has 2 aromatic rings. The summed E-state index contributed by atoms with van der Waals surface area (Å²) in [7, 11) is 1.97. The van der Waals surface area contributed by atoms with Crippen molar-refractivity contribution in [2.45, 2.75) is 19.6 Å². The van der Waals surface area contributed by atoms with Crippen molar-refractivity contribution < 1.29 is 5.11 Å². The zero-order chi connectivity index (χ0) is 13.1. The Kier molecular flexibility index (Phi) is 3.96. The van der Waals surface area contributed by atoms with Crippen LogP contribution in [0.2, 0.25) is 0 Å². The Balaban J connectivity index is 2.07. The van der Waals surface area contributed by atoms with Gasteiger partial charge in [0.05, 0.1) is 17.1 Å². The number of hydrogen-bond donors (Lipinski definition) is 3. The summed E-state index contributed by atoms with van der Waals surface area (Å²) >= 11 is 0. The molecule has 5 nitrogen and oxygen atoms in total. The molecular formula is C13H20N4O. The fourth-order valence-corrected chi connectivity index (χ4v) is 2.09. The summed E-state index contributed by atoms with van der Waals surface area (Å²) in [6, 6.07) is 6.18. The SMILES string of the molecule is Cc1nc2ccc(CN(C)CC(O)CN)cc2[nH]1. The zero-order valence-electron chi connectivity index (χ0n) is 10.8. The van der Waals surface area contributed by atoms with Crippen molar-refractivity contribution >= 4 is 11.0 Å². The lowest BCUT2D eigenvalue weighted by Crippen LogP contribution is -2.33. The normalized spacial score (nSPS) is 13.4. The van der Waals surface area contributed by atoms with Crippen molar-refractivity contribution in [1.82, 2.24) is 14.9 Å². The molecule has 1 unspecified atom stereocenters. The largest absolute Gasteiger partial charge is 0.390 e. The van der Waals surface area contributed by atoms with E-state index in [2.05, 4.69) is 27.0 Å². The van der Waals surface area contributed by atoms with Crippen LogP contribution in [0.4, 0.5) is 0 Å². The number of fused-ring (bicyclic) bond motifs is 1. The highest BCUT2D eigenvalue weighted by atomic mass is 16.3. The predicted molar refractivity (Wildman–Crippen MR) is 72.2 cm³/mol. The van der Waals surface area contributed by atoms with E-state index in [1.165, 1.54) is 5.56 Å². The van der Waals surface area contributed by atoms with Gasteiger partial charge >= 0.3 is 0 Å². The molecule has 1 heterocycles. The van der Waals surface area contributed by atoms with E-state index in [-0.39, 0.29) is 0 Å². The molecule has 0 radical (unpaired) electrons. The van der Waals surface area contributed by atoms with Crippen LogP contribution in [-0.2, 0) is 6.54 Å². The standard InChI is InChI=1S/C13H20N4O/c1-9-15-12-4-3-10(5-13(12)16-9)7-17(2)8-11(18)6-14/h3-5,11,18H,6-8,14H2,1-2H3,(H,15,16). The van der Waals surface area contributed by atoms with Crippen molar-refractivity contribution in [2.24, 2.45) is 5.73 Å². The first-order chi connectivity index (χ1) is 8.58. The lowest BCUT2D eigenvalue weighted by Gasteiger charge is -2.19. The fraction of sp³-hybridized carbons (Fsp3) is 0.462. The van der Waals surface area contributed by atoms with Crippen molar-refractivity contribution in [2.75, 3.05) is 20.1 Å². The van der Waals surface area contributed by atoms with Crippen LogP contribution in [0.25, 0.3) is 11.0 Å². The molecule has 0 fully saturated rings. The maximum atomic E-state index is 9.50. The maximum absolute atomic E-state index is 9.50. The smallest absolute Gasteiger partial charge is 0.104 e. The minimum Gasteiger partial charge on any atom is -0.390 e. The number of rotatable bonds is 5. The molecule has 2 rings (SSSR count). The summed E-state index contributed by atoms with van der Waals surface area (Å²) in [6.07, 6.45) is -0.465. The highest BCUT2D eigenvalue weighted by Gasteiger charge is 2.07. The number of aromatic nitrogens is 2. The maximum Gasteiger partial charge on any atom is 0.104 e. The molecule has 0 spiro atoms. The monoisotopic (exact) mass is 248 g/mol. The number of nitrogens with one attached hydrogen (secondary N) is 1. The van der Waals surface area contributed by atoms with E-state index in [4.69, 9.17) is 5.73 Å². The molecule has 0 saturated carbocycles. The van der Waals surface area contributed by atoms with E-state index >= 15 is 0 Å². The van der Waals surface area contributed by atoms with E-state index in [9.17, 15) is 5.11 Å². The molecule has 5 heteroatoms. The average Bonchev–Trinajstić information content (AvgIpc) is 2.68.